The second-order valence-electron chi connectivity index (χ2n) is 10.9. The molecule has 0 saturated heterocycles. The number of rotatable bonds is 6. The molecule has 0 radical (unpaired) electrons. The summed E-state index contributed by atoms with van der Waals surface area (Å²) in [6, 6.07) is 55.6. The Bertz CT molecular complexity index is 2180. The maximum atomic E-state index is 6.44. The number of pyridine rings is 1. The second kappa shape index (κ2) is 11.0. The van der Waals surface area contributed by atoms with Crippen molar-refractivity contribution in [2.75, 3.05) is 4.90 Å². The molecular formula is C41H28N2O. The molecule has 8 rings (SSSR count). The van der Waals surface area contributed by atoms with Crippen molar-refractivity contribution in [3.63, 3.8) is 0 Å². The molecule has 3 heteroatoms. The standard InChI is InChI=1S/C41H28N2O/c1-3-8-29(9-4-1)31-14-16-32(17-15-31)34-20-24-36(25-21-34)43(35-22-18-33(19-23-35)30-10-5-2-6-11-30)39-13-7-12-38-37-26-27-42-28-40(37)44-41(38)39/h1-28H. The number of hydrogen-bond donors (Lipinski definition) is 0. The Kier molecular flexibility index (Phi) is 6.47. The summed E-state index contributed by atoms with van der Waals surface area (Å²) in [5.41, 5.74) is 11.9. The highest BCUT2D eigenvalue weighted by molar-refractivity contribution is 6.10. The Labute approximate surface area is 256 Å². The number of benzene rings is 6. The highest BCUT2D eigenvalue weighted by atomic mass is 16.3. The molecule has 0 bridgehead atoms. The van der Waals surface area contributed by atoms with E-state index in [-0.39, 0.29) is 0 Å². The van der Waals surface area contributed by atoms with Crippen LogP contribution in [0, 0.1) is 0 Å². The average Bonchev–Trinajstić information content (AvgIpc) is 3.50. The molecule has 0 unspecified atom stereocenters. The molecule has 0 aliphatic rings. The molecule has 0 aliphatic carbocycles. The maximum absolute atomic E-state index is 6.44. The van der Waals surface area contributed by atoms with Gasteiger partial charge >= 0.3 is 0 Å². The Morgan fingerprint density at radius 1 is 0.409 bits per heavy atom. The molecule has 3 nitrogen and oxygen atoms in total. The number of anilines is 3. The van der Waals surface area contributed by atoms with E-state index < -0.39 is 0 Å². The minimum absolute atomic E-state index is 0.781. The van der Waals surface area contributed by atoms with Crippen LogP contribution in [0.4, 0.5) is 17.1 Å². The molecule has 0 amide bonds. The van der Waals surface area contributed by atoms with Crippen molar-refractivity contribution in [3.8, 4) is 33.4 Å². The monoisotopic (exact) mass is 564 g/mol. The van der Waals surface area contributed by atoms with Crippen molar-refractivity contribution in [2.24, 2.45) is 0 Å². The van der Waals surface area contributed by atoms with Crippen LogP contribution in [0.3, 0.4) is 0 Å². The molecule has 0 fully saturated rings. The lowest BCUT2D eigenvalue weighted by atomic mass is 10.00. The summed E-state index contributed by atoms with van der Waals surface area (Å²) in [6.45, 7) is 0. The van der Waals surface area contributed by atoms with E-state index in [1.807, 2.05) is 24.4 Å². The molecule has 2 aromatic heterocycles. The van der Waals surface area contributed by atoms with Crippen LogP contribution in [0.15, 0.2) is 175 Å². The summed E-state index contributed by atoms with van der Waals surface area (Å²) >= 11 is 0. The Morgan fingerprint density at radius 2 is 0.886 bits per heavy atom. The number of fused-ring (bicyclic) bond motifs is 3. The first-order valence-electron chi connectivity index (χ1n) is 14.8. The van der Waals surface area contributed by atoms with Crippen molar-refractivity contribution in [3.05, 3.63) is 170 Å². The first-order chi connectivity index (χ1) is 21.8. The number of aromatic nitrogens is 1. The van der Waals surface area contributed by atoms with Crippen molar-refractivity contribution in [2.45, 2.75) is 0 Å². The molecule has 0 N–H and O–H groups in total. The van der Waals surface area contributed by atoms with Gasteiger partial charge in [-0.2, -0.15) is 0 Å². The highest BCUT2D eigenvalue weighted by Gasteiger charge is 2.19. The average molecular weight is 565 g/mol. The van der Waals surface area contributed by atoms with Crippen molar-refractivity contribution in [1.82, 2.24) is 4.98 Å². The fourth-order valence-corrected chi connectivity index (χ4v) is 5.96. The lowest BCUT2D eigenvalue weighted by Crippen LogP contribution is -2.10. The molecule has 44 heavy (non-hydrogen) atoms. The minimum atomic E-state index is 0.781. The van der Waals surface area contributed by atoms with Crippen molar-refractivity contribution < 1.29 is 4.42 Å². The van der Waals surface area contributed by atoms with Gasteiger partial charge in [0.1, 0.15) is 0 Å². The van der Waals surface area contributed by atoms with Crippen LogP contribution in [0.5, 0.6) is 0 Å². The van der Waals surface area contributed by atoms with Crippen LogP contribution in [-0.2, 0) is 0 Å². The van der Waals surface area contributed by atoms with E-state index in [4.69, 9.17) is 4.42 Å². The third kappa shape index (κ3) is 4.71. The van der Waals surface area contributed by atoms with Gasteiger partial charge < -0.3 is 9.32 Å². The molecule has 0 atom stereocenters. The molecule has 0 aliphatic heterocycles. The summed E-state index contributed by atoms with van der Waals surface area (Å²) in [5.74, 6) is 0. The normalized spacial score (nSPS) is 11.2. The van der Waals surface area contributed by atoms with E-state index in [0.29, 0.717) is 0 Å². The van der Waals surface area contributed by atoms with Crippen molar-refractivity contribution in [1.29, 1.82) is 0 Å². The topological polar surface area (TPSA) is 29.3 Å². The molecule has 2 heterocycles. The zero-order valence-electron chi connectivity index (χ0n) is 24.0. The molecule has 0 saturated carbocycles. The number of hydrogen-bond acceptors (Lipinski definition) is 3. The Balaban J connectivity index is 1.21. The number of furan rings is 1. The summed E-state index contributed by atoms with van der Waals surface area (Å²) in [4.78, 5) is 6.56. The third-order valence-electron chi connectivity index (χ3n) is 8.21. The van der Waals surface area contributed by atoms with Gasteiger partial charge in [0.15, 0.2) is 11.2 Å². The molecule has 208 valence electrons. The lowest BCUT2D eigenvalue weighted by molar-refractivity contribution is 0.667. The predicted molar refractivity (Wildman–Crippen MR) is 183 cm³/mol. The minimum Gasteiger partial charge on any atom is -0.452 e. The fraction of sp³-hybridized carbons (Fsp3) is 0. The molecule has 6 aromatic carbocycles. The van der Waals surface area contributed by atoms with Crippen LogP contribution in [0.1, 0.15) is 0 Å². The summed E-state index contributed by atoms with van der Waals surface area (Å²) < 4.78 is 6.44. The largest absolute Gasteiger partial charge is 0.452 e. The van der Waals surface area contributed by atoms with Gasteiger partial charge in [-0.25, -0.2) is 0 Å². The quantitative estimate of drug-likeness (QED) is 0.201. The predicted octanol–water partition coefficient (Wildman–Crippen LogP) is 11.5. The highest BCUT2D eigenvalue weighted by Crippen LogP contribution is 2.42. The van der Waals surface area contributed by atoms with Gasteiger partial charge in [0.25, 0.3) is 0 Å². The van der Waals surface area contributed by atoms with E-state index in [0.717, 1.165) is 39.0 Å². The van der Waals surface area contributed by atoms with Crippen molar-refractivity contribution >= 4 is 39.0 Å². The van der Waals surface area contributed by atoms with Gasteiger partial charge in [-0.3, -0.25) is 4.98 Å². The smallest absolute Gasteiger partial charge is 0.159 e. The van der Waals surface area contributed by atoms with E-state index in [1.54, 1.807) is 6.20 Å². The van der Waals surface area contributed by atoms with E-state index in [1.165, 1.54) is 33.4 Å². The maximum Gasteiger partial charge on any atom is 0.159 e. The van der Waals surface area contributed by atoms with E-state index in [2.05, 4.69) is 149 Å². The van der Waals surface area contributed by atoms with Gasteiger partial charge in [-0.05, 0) is 69.8 Å². The van der Waals surface area contributed by atoms with E-state index >= 15 is 0 Å². The van der Waals surface area contributed by atoms with Crippen LogP contribution in [-0.4, -0.2) is 4.98 Å². The molecule has 0 spiro atoms. The van der Waals surface area contributed by atoms with Gasteiger partial charge in [0.05, 0.1) is 11.9 Å². The summed E-state index contributed by atoms with van der Waals surface area (Å²) in [5, 5.41) is 2.13. The zero-order valence-corrected chi connectivity index (χ0v) is 24.0. The summed E-state index contributed by atoms with van der Waals surface area (Å²) in [7, 11) is 0. The number of para-hydroxylation sites is 1. The third-order valence-corrected chi connectivity index (χ3v) is 8.21. The van der Waals surface area contributed by atoms with Crippen LogP contribution >= 0.6 is 0 Å². The van der Waals surface area contributed by atoms with Gasteiger partial charge in [-0.1, -0.05) is 121 Å². The van der Waals surface area contributed by atoms with Gasteiger partial charge in [0, 0.05) is 28.3 Å². The van der Waals surface area contributed by atoms with Crippen LogP contribution in [0.25, 0.3) is 55.3 Å². The molecular weight excluding hydrogens is 536 g/mol. The van der Waals surface area contributed by atoms with Crippen LogP contribution < -0.4 is 4.90 Å². The second-order valence-corrected chi connectivity index (χ2v) is 10.9. The first kappa shape index (κ1) is 25.8. The van der Waals surface area contributed by atoms with Crippen LogP contribution in [0.2, 0.25) is 0 Å². The fourth-order valence-electron chi connectivity index (χ4n) is 5.96. The first-order valence-corrected chi connectivity index (χ1v) is 14.8. The molecule has 8 aromatic rings. The summed E-state index contributed by atoms with van der Waals surface area (Å²) in [6.07, 6.45) is 3.60. The van der Waals surface area contributed by atoms with Gasteiger partial charge in [-0.15, -0.1) is 0 Å². The van der Waals surface area contributed by atoms with E-state index in [9.17, 15) is 0 Å². The Hall–Kier alpha value is -5.93. The zero-order chi connectivity index (χ0) is 29.3. The van der Waals surface area contributed by atoms with Gasteiger partial charge in [0.2, 0.25) is 0 Å². The SMILES string of the molecule is c1ccc(-c2ccc(-c3ccc(N(c4ccc(-c5ccccc5)cc4)c4cccc5c4oc4cnccc45)cc3)cc2)cc1. The lowest BCUT2D eigenvalue weighted by Gasteiger charge is -2.26. The number of nitrogens with zero attached hydrogens (tertiary/aromatic N) is 2. The Morgan fingerprint density at radius 3 is 1.41 bits per heavy atom.